The van der Waals surface area contributed by atoms with Gasteiger partial charge in [-0.2, -0.15) is 0 Å². The fourth-order valence-electron chi connectivity index (χ4n) is 2.91. The van der Waals surface area contributed by atoms with Crippen molar-refractivity contribution in [2.24, 2.45) is 5.41 Å². The maximum atomic E-state index is 11.1. The standard InChI is InChI=1S/C12H21NO3/c1-12(11(15)16)5-7-13(8-6-12)9-3-2-4-10(9)14/h9-10,14H,2-8H2,1H3,(H,15,16). The van der Waals surface area contributed by atoms with Crippen LogP contribution in [-0.2, 0) is 4.79 Å². The molecule has 16 heavy (non-hydrogen) atoms. The van der Waals surface area contributed by atoms with Gasteiger partial charge in [-0.05, 0) is 52.1 Å². The minimum absolute atomic E-state index is 0.200. The highest BCUT2D eigenvalue weighted by atomic mass is 16.4. The number of likely N-dealkylation sites (tertiary alicyclic amines) is 1. The van der Waals surface area contributed by atoms with Gasteiger partial charge < -0.3 is 10.2 Å². The van der Waals surface area contributed by atoms with E-state index in [0.717, 1.165) is 32.4 Å². The van der Waals surface area contributed by atoms with E-state index in [1.807, 2.05) is 6.92 Å². The highest BCUT2D eigenvalue weighted by Crippen LogP contribution is 2.34. The molecular formula is C12H21NO3. The van der Waals surface area contributed by atoms with Crippen molar-refractivity contribution in [2.75, 3.05) is 13.1 Å². The van der Waals surface area contributed by atoms with Gasteiger partial charge in [0.25, 0.3) is 0 Å². The number of hydrogen-bond donors (Lipinski definition) is 2. The number of carboxylic acid groups (broad SMARTS) is 1. The van der Waals surface area contributed by atoms with E-state index in [1.165, 1.54) is 0 Å². The van der Waals surface area contributed by atoms with Crippen LogP contribution in [0.4, 0.5) is 0 Å². The summed E-state index contributed by atoms with van der Waals surface area (Å²) in [4.78, 5) is 13.4. The topological polar surface area (TPSA) is 60.8 Å². The van der Waals surface area contributed by atoms with E-state index in [0.29, 0.717) is 12.8 Å². The molecule has 0 aromatic rings. The van der Waals surface area contributed by atoms with Gasteiger partial charge in [0, 0.05) is 6.04 Å². The summed E-state index contributed by atoms with van der Waals surface area (Å²) in [6, 6.07) is 0.276. The quantitative estimate of drug-likeness (QED) is 0.741. The van der Waals surface area contributed by atoms with Crippen LogP contribution in [0.3, 0.4) is 0 Å². The monoisotopic (exact) mass is 227 g/mol. The van der Waals surface area contributed by atoms with Crippen molar-refractivity contribution in [3.8, 4) is 0 Å². The Morgan fingerprint density at radius 1 is 1.31 bits per heavy atom. The Morgan fingerprint density at radius 3 is 2.38 bits per heavy atom. The van der Waals surface area contributed by atoms with E-state index >= 15 is 0 Å². The molecule has 2 N–H and O–H groups in total. The molecule has 1 aliphatic heterocycles. The molecule has 2 rings (SSSR count). The van der Waals surface area contributed by atoms with Gasteiger partial charge in [-0.1, -0.05) is 0 Å². The van der Waals surface area contributed by atoms with E-state index in [2.05, 4.69) is 4.90 Å². The van der Waals surface area contributed by atoms with Crippen LogP contribution in [0, 0.1) is 5.41 Å². The molecule has 0 aromatic carbocycles. The number of piperidine rings is 1. The second-order valence-corrected chi connectivity index (χ2v) is 5.47. The Hall–Kier alpha value is -0.610. The first kappa shape index (κ1) is 11.9. The number of rotatable bonds is 2. The Morgan fingerprint density at radius 2 is 1.94 bits per heavy atom. The van der Waals surface area contributed by atoms with Gasteiger partial charge in [0.15, 0.2) is 0 Å². The average Bonchev–Trinajstić information content (AvgIpc) is 2.66. The Balaban J connectivity index is 1.92. The number of carbonyl (C=O) groups is 1. The minimum Gasteiger partial charge on any atom is -0.481 e. The number of carboxylic acids is 1. The molecular weight excluding hydrogens is 206 g/mol. The molecule has 0 bridgehead atoms. The molecule has 2 aliphatic rings. The van der Waals surface area contributed by atoms with Gasteiger partial charge in [0.1, 0.15) is 0 Å². The molecule has 1 heterocycles. The summed E-state index contributed by atoms with van der Waals surface area (Å²) in [5.41, 5.74) is -0.555. The molecule has 0 aromatic heterocycles. The molecule has 0 amide bonds. The Bertz CT molecular complexity index is 271. The van der Waals surface area contributed by atoms with Crippen LogP contribution in [0.2, 0.25) is 0 Å². The first-order valence-electron chi connectivity index (χ1n) is 6.18. The SMILES string of the molecule is CC1(C(=O)O)CCN(C2CCCC2O)CC1. The van der Waals surface area contributed by atoms with Gasteiger partial charge in [-0.3, -0.25) is 9.69 Å². The van der Waals surface area contributed by atoms with Crippen molar-refractivity contribution in [3.63, 3.8) is 0 Å². The van der Waals surface area contributed by atoms with Gasteiger partial charge in [-0.25, -0.2) is 0 Å². The van der Waals surface area contributed by atoms with E-state index in [9.17, 15) is 9.90 Å². The van der Waals surface area contributed by atoms with Gasteiger partial charge in [-0.15, -0.1) is 0 Å². The summed E-state index contributed by atoms with van der Waals surface area (Å²) in [5.74, 6) is -0.681. The van der Waals surface area contributed by atoms with E-state index < -0.39 is 11.4 Å². The van der Waals surface area contributed by atoms with Gasteiger partial charge >= 0.3 is 5.97 Å². The van der Waals surface area contributed by atoms with Gasteiger partial charge in [0.2, 0.25) is 0 Å². The van der Waals surface area contributed by atoms with Crippen LogP contribution in [0.15, 0.2) is 0 Å². The minimum atomic E-state index is -0.681. The molecule has 0 radical (unpaired) electrons. The lowest BCUT2D eigenvalue weighted by atomic mass is 9.80. The maximum absolute atomic E-state index is 11.1. The van der Waals surface area contributed by atoms with Crippen LogP contribution in [0.5, 0.6) is 0 Å². The average molecular weight is 227 g/mol. The lowest BCUT2D eigenvalue weighted by molar-refractivity contribution is -0.151. The van der Waals surface area contributed by atoms with Crippen LogP contribution >= 0.6 is 0 Å². The fourth-order valence-corrected chi connectivity index (χ4v) is 2.91. The van der Waals surface area contributed by atoms with Crippen molar-refractivity contribution in [2.45, 2.75) is 51.2 Å². The molecule has 0 spiro atoms. The third-order valence-corrected chi connectivity index (χ3v) is 4.33. The summed E-state index contributed by atoms with van der Waals surface area (Å²) in [6.45, 7) is 3.45. The first-order valence-corrected chi connectivity index (χ1v) is 6.18. The van der Waals surface area contributed by atoms with Crippen LogP contribution in [0.25, 0.3) is 0 Å². The molecule has 2 fully saturated rings. The smallest absolute Gasteiger partial charge is 0.309 e. The van der Waals surface area contributed by atoms with Crippen LogP contribution in [0.1, 0.15) is 39.0 Å². The Labute approximate surface area is 96.3 Å². The summed E-state index contributed by atoms with van der Waals surface area (Å²) in [7, 11) is 0. The van der Waals surface area contributed by atoms with E-state index in [1.54, 1.807) is 0 Å². The normalized spacial score (nSPS) is 35.1. The number of nitrogens with zero attached hydrogens (tertiary/aromatic N) is 1. The number of hydrogen-bond acceptors (Lipinski definition) is 3. The molecule has 1 saturated heterocycles. The third-order valence-electron chi connectivity index (χ3n) is 4.33. The molecule has 2 unspecified atom stereocenters. The lowest BCUT2D eigenvalue weighted by Crippen LogP contribution is -2.49. The predicted molar refractivity (Wildman–Crippen MR) is 60.2 cm³/mol. The second-order valence-electron chi connectivity index (χ2n) is 5.47. The van der Waals surface area contributed by atoms with Crippen molar-refractivity contribution in [3.05, 3.63) is 0 Å². The molecule has 92 valence electrons. The predicted octanol–water partition coefficient (Wildman–Crippen LogP) is 1.09. The van der Waals surface area contributed by atoms with Crippen molar-refractivity contribution < 1.29 is 15.0 Å². The number of aliphatic hydroxyl groups excluding tert-OH is 1. The molecule has 1 aliphatic carbocycles. The summed E-state index contributed by atoms with van der Waals surface area (Å²) >= 11 is 0. The number of aliphatic carboxylic acids is 1. The Kier molecular flexibility index (Phi) is 3.22. The fraction of sp³-hybridized carbons (Fsp3) is 0.917. The van der Waals surface area contributed by atoms with E-state index in [-0.39, 0.29) is 12.1 Å². The van der Waals surface area contributed by atoms with Crippen molar-refractivity contribution >= 4 is 5.97 Å². The third kappa shape index (κ3) is 2.09. The van der Waals surface area contributed by atoms with E-state index in [4.69, 9.17) is 5.11 Å². The van der Waals surface area contributed by atoms with Crippen molar-refractivity contribution in [1.82, 2.24) is 4.90 Å². The summed E-state index contributed by atoms with van der Waals surface area (Å²) < 4.78 is 0. The number of aliphatic hydroxyl groups is 1. The second kappa shape index (κ2) is 4.34. The maximum Gasteiger partial charge on any atom is 0.309 e. The zero-order valence-corrected chi connectivity index (χ0v) is 9.85. The largest absolute Gasteiger partial charge is 0.481 e. The lowest BCUT2D eigenvalue weighted by Gasteiger charge is -2.40. The zero-order chi connectivity index (χ0) is 11.8. The zero-order valence-electron chi connectivity index (χ0n) is 9.85. The van der Waals surface area contributed by atoms with Crippen LogP contribution in [-0.4, -0.2) is 46.3 Å². The molecule has 4 nitrogen and oxygen atoms in total. The highest BCUT2D eigenvalue weighted by molar-refractivity contribution is 5.74. The molecule has 1 saturated carbocycles. The van der Waals surface area contributed by atoms with Crippen LogP contribution < -0.4 is 0 Å². The van der Waals surface area contributed by atoms with Gasteiger partial charge in [0.05, 0.1) is 11.5 Å². The first-order chi connectivity index (χ1) is 7.53. The van der Waals surface area contributed by atoms with Crippen molar-refractivity contribution in [1.29, 1.82) is 0 Å². The molecule has 4 heteroatoms. The summed E-state index contributed by atoms with van der Waals surface area (Å²) in [6.07, 6.45) is 4.26. The molecule has 2 atom stereocenters. The summed E-state index contributed by atoms with van der Waals surface area (Å²) in [5, 5.41) is 19.0. The highest BCUT2D eigenvalue weighted by Gasteiger charge is 2.40.